The molecule has 0 spiro atoms. The van der Waals surface area contributed by atoms with Crippen LogP contribution in [0.25, 0.3) is 55.7 Å². The Morgan fingerprint density at radius 3 is 1.75 bits per heavy atom. The van der Waals surface area contributed by atoms with Crippen LogP contribution in [0.2, 0.25) is 0 Å². The number of allylic oxidation sites excluding steroid dienone is 4. The average molecular weight is 675 g/mol. The predicted octanol–water partition coefficient (Wildman–Crippen LogP) is 13.2. The number of hydrogen-bond donors (Lipinski definition) is 3. The molecule has 0 saturated heterocycles. The van der Waals surface area contributed by atoms with Crippen LogP contribution in [0.4, 0.5) is 17.1 Å². The Hall–Kier alpha value is -6.03. The molecule has 0 bridgehead atoms. The van der Waals surface area contributed by atoms with Crippen molar-refractivity contribution in [3.63, 3.8) is 0 Å². The van der Waals surface area contributed by atoms with E-state index in [0.29, 0.717) is 0 Å². The van der Waals surface area contributed by atoms with Crippen LogP contribution in [-0.2, 0) is 0 Å². The largest absolute Gasteiger partial charge is 0.398 e. The van der Waals surface area contributed by atoms with Crippen molar-refractivity contribution in [1.82, 2.24) is 0 Å². The molecular formula is C48H38N2S. The molecule has 3 heteroatoms. The van der Waals surface area contributed by atoms with Gasteiger partial charge in [0.2, 0.25) is 0 Å². The van der Waals surface area contributed by atoms with Gasteiger partial charge in [-0.05, 0) is 123 Å². The van der Waals surface area contributed by atoms with Gasteiger partial charge < -0.3 is 11.1 Å². The van der Waals surface area contributed by atoms with E-state index in [2.05, 4.69) is 157 Å². The van der Waals surface area contributed by atoms with Gasteiger partial charge in [0.15, 0.2) is 0 Å². The summed E-state index contributed by atoms with van der Waals surface area (Å²) in [6.45, 7) is 0. The van der Waals surface area contributed by atoms with E-state index in [9.17, 15) is 0 Å². The van der Waals surface area contributed by atoms with Gasteiger partial charge in [0.25, 0.3) is 0 Å². The minimum Gasteiger partial charge on any atom is -0.398 e. The quantitative estimate of drug-likeness (QED) is 0.111. The summed E-state index contributed by atoms with van der Waals surface area (Å²) in [7, 11) is 0. The Kier molecular flexibility index (Phi) is 9.12. The fourth-order valence-corrected chi connectivity index (χ4v) is 7.26. The van der Waals surface area contributed by atoms with Crippen LogP contribution in [0.3, 0.4) is 0 Å². The molecule has 0 radical (unpaired) electrons. The lowest BCUT2D eigenvalue weighted by Crippen LogP contribution is -1.97. The van der Waals surface area contributed by atoms with E-state index in [4.69, 9.17) is 18.4 Å². The Bertz CT molecular complexity index is 2420. The van der Waals surface area contributed by atoms with Crippen molar-refractivity contribution in [2.75, 3.05) is 11.1 Å². The Labute approximate surface area is 306 Å². The number of nitrogens with one attached hydrogen (secondary N) is 1. The molecule has 0 amide bonds. The molecule has 7 aromatic carbocycles. The first-order valence-electron chi connectivity index (χ1n) is 17.4. The Morgan fingerprint density at radius 1 is 0.471 bits per heavy atom. The normalized spacial score (nSPS) is 12.6. The van der Waals surface area contributed by atoms with Gasteiger partial charge in [-0.1, -0.05) is 127 Å². The third kappa shape index (κ3) is 7.03. The molecular weight excluding hydrogens is 637 g/mol. The molecule has 3 N–H and O–H groups in total. The summed E-state index contributed by atoms with van der Waals surface area (Å²) < 4.78 is 0. The molecule has 7 aromatic rings. The van der Waals surface area contributed by atoms with Crippen LogP contribution >= 0.6 is 12.6 Å². The van der Waals surface area contributed by atoms with Gasteiger partial charge >= 0.3 is 0 Å². The van der Waals surface area contributed by atoms with Crippen molar-refractivity contribution in [3.05, 3.63) is 193 Å². The molecule has 51 heavy (non-hydrogen) atoms. The Balaban J connectivity index is 1.18. The van der Waals surface area contributed by atoms with Crippen LogP contribution in [0.15, 0.2) is 187 Å². The van der Waals surface area contributed by atoms with Gasteiger partial charge in [-0.2, -0.15) is 0 Å². The lowest BCUT2D eigenvalue weighted by atomic mass is 9.88. The maximum absolute atomic E-state index is 6.36. The zero-order chi connectivity index (χ0) is 34.6. The summed E-state index contributed by atoms with van der Waals surface area (Å²) in [6.07, 6.45) is 6.60. The van der Waals surface area contributed by atoms with E-state index in [-0.39, 0.29) is 0 Å². The van der Waals surface area contributed by atoms with Crippen molar-refractivity contribution in [2.45, 2.75) is 17.7 Å². The molecule has 1 aliphatic carbocycles. The number of benzene rings is 7. The van der Waals surface area contributed by atoms with Crippen molar-refractivity contribution in [2.24, 2.45) is 0 Å². The highest BCUT2D eigenvalue weighted by molar-refractivity contribution is 7.80. The first-order valence-corrected chi connectivity index (χ1v) is 17.9. The summed E-state index contributed by atoms with van der Waals surface area (Å²) in [5.41, 5.74) is 23.4. The lowest BCUT2D eigenvalue weighted by molar-refractivity contribution is 1.06. The summed E-state index contributed by atoms with van der Waals surface area (Å²) in [5.74, 6) is 0. The minimum absolute atomic E-state index is 0.812. The highest BCUT2D eigenvalue weighted by Gasteiger charge is 2.14. The average Bonchev–Trinajstić information content (AvgIpc) is 3.19. The van der Waals surface area contributed by atoms with E-state index in [1.165, 1.54) is 33.4 Å². The number of rotatable bonds is 8. The van der Waals surface area contributed by atoms with E-state index >= 15 is 0 Å². The molecule has 2 nitrogen and oxygen atoms in total. The predicted molar refractivity (Wildman–Crippen MR) is 221 cm³/mol. The van der Waals surface area contributed by atoms with Gasteiger partial charge in [0.05, 0.1) is 0 Å². The second-order valence-corrected chi connectivity index (χ2v) is 13.4. The number of para-hydroxylation sites is 2. The zero-order valence-corrected chi connectivity index (χ0v) is 29.2. The lowest BCUT2D eigenvalue weighted by Gasteiger charge is -2.18. The molecule has 8 rings (SSSR count). The maximum atomic E-state index is 6.36. The van der Waals surface area contributed by atoms with E-state index in [1.807, 2.05) is 30.3 Å². The number of nitrogens with two attached hydrogens (primary N) is 1. The second-order valence-electron chi connectivity index (χ2n) is 13.0. The molecule has 1 aliphatic rings. The Morgan fingerprint density at radius 2 is 1.04 bits per heavy atom. The fraction of sp³-hybridized carbons (Fsp3) is 0.0417. The SMILES string of the molecule is Nc1ccccc1C1=CCCC(c2cccc(-c3ccc(Nc4ccccc4)c(-c4cccc(-c5cccc(-c6ccccc6S)c5)c4)c3)c2)=C1. The van der Waals surface area contributed by atoms with E-state index in [0.717, 1.165) is 68.2 Å². The van der Waals surface area contributed by atoms with Crippen LogP contribution in [-0.4, -0.2) is 0 Å². The third-order valence-corrected chi connectivity index (χ3v) is 9.99. The van der Waals surface area contributed by atoms with E-state index in [1.54, 1.807) is 0 Å². The van der Waals surface area contributed by atoms with Gasteiger partial charge in [0.1, 0.15) is 0 Å². The summed E-state index contributed by atoms with van der Waals surface area (Å²) >= 11 is 4.73. The van der Waals surface area contributed by atoms with Crippen LogP contribution in [0, 0.1) is 0 Å². The highest BCUT2D eigenvalue weighted by Crippen LogP contribution is 2.39. The second kappa shape index (κ2) is 14.4. The summed E-state index contributed by atoms with van der Waals surface area (Å²) in [6, 6.07) is 60.0. The first kappa shape index (κ1) is 32.2. The molecule has 0 heterocycles. The molecule has 246 valence electrons. The molecule has 0 aromatic heterocycles. The van der Waals surface area contributed by atoms with Gasteiger partial charge in [-0.3, -0.25) is 0 Å². The number of anilines is 3. The molecule has 0 saturated carbocycles. The molecule has 0 atom stereocenters. The van der Waals surface area contributed by atoms with Gasteiger partial charge in [0, 0.05) is 33.1 Å². The standard InChI is InChI=1S/C48H38N2S/c49-46-24-6-4-22-43(46)39-17-9-14-35(29-39)33-12-8-13-34(28-33)38-26-27-47(50-42-20-2-1-3-21-42)45(32-38)41-19-11-16-37(31-41)36-15-10-18-40(30-36)44-23-5-7-25-48(44)51/h1-8,10-13,15-32,50-51H,9,14,49H2. The van der Waals surface area contributed by atoms with Crippen LogP contribution in [0.5, 0.6) is 0 Å². The van der Waals surface area contributed by atoms with Crippen molar-refractivity contribution < 1.29 is 0 Å². The molecule has 0 fully saturated rings. The van der Waals surface area contributed by atoms with Crippen molar-refractivity contribution in [1.29, 1.82) is 0 Å². The fourth-order valence-electron chi connectivity index (χ4n) is 6.97. The summed E-state index contributed by atoms with van der Waals surface area (Å²) in [4.78, 5) is 0.971. The minimum atomic E-state index is 0.812. The smallest absolute Gasteiger partial charge is 0.0464 e. The highest BCUT2D eigenvalue weighted by atomic mass is 32.1. The third-order valence-electron chi connectivity index (χ3n) is 9.60. The van der Waals surface area contributed by atoms with Crippen LogP contribution in [0.1, 0.15) is 24.0 Å². The monoisotopic (exact) mass is 674 g/mol. The number of hydrogen-bond acceptors (Lipinski definition) is 3. The topological polar surface area (TPSA) is 38.0 Å². The summed E-state index contributed by atoms with van der Waals surface area (Å²) in [5, 5.41) is 3.70. The van der Waals surface area contributed by atoms with Crippen molar-refractivity contribution >= 4 is 40.8 Å². The molecule has 0 aliphatic heterocycles. The maximum Gasteiger partial charge on any atom is 0.0464 e. The first-order chi connectivity index (χ1) is 25.1. The number of thiol groups is 1. The molecule has 0 unspecified atom stereocenters. The van der Waals surface area contributed by atoms with E-state index < -0.39 is 0 Å². The van der Waals surface area contributed by atoms with Crippen molar-refractivity contribution in [3.8, 4) is 44.5 Å². The zero-order valence-electron chi connectivity index (χ0n) is 28.3. The van der Waals surface area contributed by atoms with Crippen LogP contribution < -0.4 is 11.1 Å². The van der Waals surface area contributed by atoms with Gasteiger partial charge in [-0.15, -0.1) is 12.6 Å². The van der Waals surface area contributed by atoms with Gasteiger partial charge in [-0.25, -0.2) is 0 Å². The number of nitrogen functional groups attached to an aromatic ring is 1.